The minimum absolute atomic E-state index is 0.263. The number of nitrogens with two attached hydrogens (primary N) is 1. The van der Waals surface area contributed by atoms with Crippen molar-refractivity contribution >= 4 is 34.5 Å². The fourth-order valence-electron chi connectivity index (χ4n) is 2.16. The van der Waals surface area contributed by atoms with Crippen molar-refractivity contribution in [2.45, 2.75) is 31.9 Å². The second kappa shape index (κ2) is 5.87. The first-order valence-electron chi connectivity index (χ1n) is 6.05. The molecule has 2 atom stereocenters. The van der Waals surface area contributed by atoms with E-state index < -0.39 is 0 Å². The SMILES string of the molecule is CC(Nc1ccc(C(N)=S)c(Cl)c1)C1CCCO1. The molecule has 1 fully saturated rings. The van der Waals surface area contributed by atoms with E-state index in [1.807, 2.05) is 18.2 Å². The normalized spacial score (nSPS) is 20.7. The number of thiocarbonyl (C=S) groups is 1. The molecule has 1 saturated heterocycles. The fraction of sp³-hybridized carbons (Fsp3) is 0.462. The van der Waals surface area contributed by atoms with Crippen LogP contribution in [0.1, 0.15) is 25.3 Å². The van der Waals surface area contributed by atoms with Crippen molar-refractivity contribution < 1.29 is 4.74 Å². The molecule has 3 N–H and O–H groups in total. The van der Waals surface area contributed by atoms with Crippen molar-refractivity contribution in [1.29, 1.82) is 0 Å². The molecule has 0 spiro atoms. The van der Waals surface area contributed by atoms with Gasteiger partial charge in [0.05, 0.1) is 11.1 Å². The lowest BCUT2D eigenvalue weighted by molar-refractivity contribution is 0.0996. The predicted octanol–water partition coefficient (Wildman–Crippen LogP) is 2.95. The van der Waals surface area contributed by atoms with Crippen molar-refractivity contribution in [1.82, 2.24) is 0 Å². The van der Waals surface area contributed by atoms with Gasteiger partial charge in [0.25, 0.3) is 0 Å². The third kappa shape index (κ3) is 3.13. The van der Waals surface area contributed by atoms with Gasteiger partial charge in [-0.1, -0.05) is 23.8 Å². The van der Waals surface area contributed by atoms with Crippen LogP contribution in [0.4, 0.5) is 5.69 Å². The van der Waals surface area contributed by atoms with Gasteiger partial charge in [-0.15, -0.1) is 0 Å². The highest BCUT2D eigenvalue weighted by Crippen LogP contribution is 2.23. The second-order valence-electron chi connectivity index (χ2n) is 4.54. The van der Waals surface area contributed by atoms with E-state index in [1.165, 1.54) is 0 Å². The van der Waals surface area contributed by atoms with E-state index in [0.717, 1.165) is 25.1 Å². The molecule has 0 bridgehead atoms. The summed E-state index contributed by atoms with van der Waals surface area (Å²) in [6.07, 6.45) is 2.52. The molecule has 5 heteroatoms. The zero-order valence-electron chi connectivity index (χ0n) is 10.3. The summed E-state index contributed by atoms with van der Waals surface area (Å²) >= 11 is 11.0. The van der Waals surface area contributed by atoms with E-state index in [0.29, 0.717) is 15.6 Å². The lowest BCUT2D eigenvalue weighted by Gasteiger charge is -2.21. The van der Waals surface area contributed by atoms with Crippen LogP contribution < -0.4 is 11.1 Å². The second-order valence-corrected chi connectivity index (χ2v) is 5.39. The third-order valence-electron chi connectivity index (χ3n) is 3.15. The molecule has 0 aromatic heterocycles. The van der Waals surface area contributed by atoms with Crippen LogP contribution >= 0.6 is 23.8 Å². The Hall–Kier alpha value is -0.840. The summed E-state index contributed by atoms with van der Waals surface area (Å²) in [6, 6.07) is 5.89. The van der Waals surface area contributed by atoms with E-state index in [2.05, 4.69) is 12.2 Å². The summed E-state index contributed by atoms with van der Waals surface area (Å²) in [5.74, 6) is 0. The first kappa shape index (κ1) is 13.6. The number of anilines is 1. The molecular weight excluding hydrogens is 268 g/mol. The Kier molecular flexibility index (Phi) is 4.43. The first-order chi connectivity index (χ1) is 8.58. The molecule has 1 aromatic rings. The summed E-state index contributed by atoms with van der Waals surface area (Å²) in [6.45, 7) is 2.98. The van der Waals surface area contributed by atoms with Crippen molar-refractivity contribution in [3.63, 3.8) is 0 Å². The van der Waals surface area contributed by atoms with Crippen LogP contribution in [0.3, 0.4) is 0 Å². The Morgan fingerprint density at radius 3 is 2.94 bits per heavy atom. The molecule has 1 aliphatic rings. The quantitative estimate of drug-likeness (QED) is 0.835. The van der Waals surface area contributed by atoms with Crippen LogP contribution in [0.25, 0.3) is 0 Å². The zero-order chi connectivity index (χ0) is 13.1. The number of nitrogens with one attached hydrogen (secondary N) is 1. The van der Waals surface area contributed by atoms with Gasteiger partial charge < -0.3 is 15.8 Å². The van der Waals surface area contributed by atoms with Crippen LogP contribution in [-0.2, 0) is 4.74 Å². The van der Waals surface area contributed by atoms with E-state index in [1.54, 1.807) is 0 Å². The van der Waals surface area contributed by atoms with Crippen molar-refractivity contribution in [3.8, 4) is 0 Å². The van der Waals surface area contributed by atoms with E-state index in [9.17, 15) is 0 Å². The summed E-state index contributed by atoms with van der Waals surface area (Å²) in [5, 5.41) is 3.97. The van der Waals surface area contributed by atoms with Gasteiger partial charge in [0.1, 0.15) is 4.99 Å². The number of rotatable bonds is 4. The first-order valence-corrected chi connectivity index (χ1v) is 6.84. The van der Waals surface area contributed by atoms with Gasteiger partial charge in [0.15, 0.2) is 0 Å². The summed E-state index contributed by atoms with van der Waals surface area (Å²) in [4.78, 5) is 0.318. The molecular formula is C13H17ClN2OS. The minimum Gasteiger partial charge on any atom is -0.389 e. The van der Waals surface area contributed by atoms with Crippen molar-refractivity contribution in [3.05, 3.63) is 28.8 Å². The topological polar surface area (TPSA) is 47.3 Å². The van der Waals surface area contributed by atoms with Crippen molar-refractivity contribution in [2.75, 3.05) is 11.9 Å². The minimum atomic E-state index is 0.263. The maximum absolute atomic E-state index is 6.13. The number of hydrogen-bond donors (Lipinski definition) is 2. The zero-order valence-corrected chi connectivity index (χ0v) is 11.9. The summed E-state index contributed by atoms with van der Waals surface area (Å²) in [7, 11) is 0. The smallest absolute Gasteiger partial charge is 0.105 e. The Labute approximate surface area is 118 Å². The van der Waals surface area contributed by atoms with Crippen LogP contribution in [0, 0.1) is 0 Å². The fourth-order valence-corrected chi connectivity index (χ4v) is 2.67. The molecule has 1 aromatic carbocycles. The van der Waals surface area contributed by atoms with Gasteiger partial charge in [-0.25, -0.2) is 0 Å². The standard InChI is InChI=1S/C13H17ClN2OS/c1-8(12-3-2-6-17-12)16-9-4-5-10(13(15)18)11(14)7-9/h4-5,7-8,12,16H,2-3,6H2,1H3,(H2,15,18). The molecule has 98 valence electrons. The maximum Gasteiger partial charge on any atom is 0.105 e. The molecule has 0 aliphatic carbocycles. The lowest BCUT2D eigenvalue weighted by atomic mass is 10.1. The Bertz CT molecular complexity index is 447. The Morgan fingerprint density at radius 2 is 2.39 bits per heavy atom. The summed E-state index contributed by atoms with van der Waals surface area (Å²) in [5.41, 5.74) is 7.24. The number of benzene rings is 1. The average Bonchev–Trinajstić information content (AvgIpc) is 2.81. The van der Waals surface area contributed by atoms with E-state index >= 15 is 0 Å². The summed E-state index contributed by atoms with van der Waals surface area (Å²) < 4.78 is 5.64. The van der Waals surface area contributed by atoms with Crippen LogP contribution in [0.15, 0.2) is 18.2 Å². The van der Waals surface area contributed by atoms with Gasteiger partial charge in [-0.3, -0.25) is 0 Å². The molecule has 1 heterocycles. The monoisotopic (exact) mass is 284 g/mol. The molecule has 0 radical (unpaired) electrons. The molecule has 0 saturated carbocycles. The van der Waals surface area contributed by atoms with Crippen molar-refractivity contribution in [2.24, 2.45) is 5.73 Å². The lowest BCUT2D eigenvalue weighted by Crippen LogP contribution is -2.30. The highest BCUT2D eigenvalue weighted by molar-refractivity contribution is 7.80. The molecule has 2 rings (SSSR count). The van der Waals surface area contributed by atoms with E-state index in [4.69, 9.17) is 34.3 Å². The predicted molar refractivity (Wildman–Crippen MR) is 79.4 cm³/mol. The highest BCUT2D eigenvalue weighted by Gasteiger charge is 2.22. The number of hydrogen-bond acceptors (Lipinski definition) is 3. The van der Waals surface area contributed by atoms with Gasteiger partial charge in [0.2, 0.25) is 0 Å². The van der Waals surface area contributed by atoms with Crippen LogP contribution in [0.5, 0.6) is 0 Å². The van der Waals surface area contributed by atoms with Crippen LogP contribution in [0.2, 0.25) is 5.02 Å². The number of ether oxygens (including phenoxy) is 1. The van der Waals surface area contributed by atoms with Gasteiger partial charge >= 0.3 is 0 Å². The number of halogens is 1. The van der Waals surface area contributed by atoms with E-state index in [-0.39, 0.29) is 12.1 Å². The van der Waals surface area contributed by atoms with Gasteiger partial charge in [-0.2, -0.15) is 0 Å². The van der Waals surface area contributed by atoms with Gasteiger partial charge in [0, 0.05) is 23.9 Å². The Morgan fingerprint density at radius 1 is 1.61 bits per heavy atom. The molecule has 2 unspecified atom stereocenters. The third-order valence-corrected chi connectivity index (χ3v) is 3.68. The van der Waals surface area contributed by atoms with Crippen LogP contribution in [-0.4, -0.2) is 23.7 Å². The highest BCUT2D eigenvalue weighted by atomic mass is 35.5. The average molecular weight is 285 g/mol. The molecule has 18 heavy (non-hydrogen) atoms. The largest absolute Gasteiger partial charge is 0.389 e. The molecule has 0 amide bonds. The maximum atomic E-state index is 6.13. The Balaban J connectivity index is 2.05. The molecule has 3 nitrogen and oxygen atoms in total. The van der Waals surface area contributed by atoms with Gasteiger partial charge in [-0.05, 0) is 38.0 Å². The molecule has 1 aliphatic heterocycles.